The Balaban J connectivity index is 2.74. The van der Waals surface area contributed by atoms with Gasteiger partial charge >= 0.3 is 12.0 Å². The van der Waals surface area contributed by atoms with Gasteiger partial charge in [-0.3, -0.25) is 4.79 Å². The first-order valence-electron chi connectivity index (χ1n) is 7.16. The number of carboxylic acid groups (broad SMARTS) is 1. The van der Waals surface area contributed by atoms with Crippen molar-refractivity contribution in [3.63, 3.8) is 0 Å². The Morgan fingerprint density at radius 2 is 1.90 bits per heavy atom. The van der Waals surface area contributed by atoms with Crippen molar-refractivity contribution in [2.24, 2.45) is 5.41 Å². The molecule has 1 saturated heterocycles. The quantitative estimate of drug-likeness (QED) is 0.715. The van der Waals surface area contributed by atoms with E-state index in [0.29, 0.717) is 13.0 Å². The van der Waals surface area contributed by atoms with Gasteiger partial charge in [-0.25, -0.2) is 9.59 Å². The molecule has 1 aliphatic heterocycles. The number of carbonyl (C=O) groups is 3. The molecule has 0 aromatic rings. The largest absolute Gasteiger partial charge is 0.480 e. The van der Waals surface area contributed by atoms with Crippen molar-refractivity contribution in [1.82, 2.24) is 15.5 Å². The summed E-state index contributed by atoms with van der Waals surface area (Å²) >= 11 is 0. The van der Waals surface area contributed by atoms with Gasteiger partial charge in [-0.2, -0.15) is 0 Å². The molecule has 0 saturated carbocycles. The van der Waals surface area contributed by atoms with E-state index in [1.165, 1.54) is 11.9 Å². The van der Waals surface area contributed by atoms with Crippen LogP contribution in [0, 0.1) is 5.41 Å². The SMILES string of the molecule is CNC(=O)C(C)(C)CNC(=O)N1CCCCC1(C)C(=O)O. The van der Waals surface area contributed by atoms with Crippen LogP contribution in [0.4, 0.5) is 4.79 Å². The van der Waals surface area contributed by atoms with E-state index in [9.17, 15) is 19.5 Å². The summed E-state index contributed by atoms with van der Waals surface area (Å²) in [7, 11) is 1.54. The highest BCUT2D eigenvalue weighted by Crippen LogP contribution is 2.28. The number of amides is 3. The molecule has 1 aliphatic rings. The molecule has 7 nitrogen and oxygen atoms in total. The molecule has 0 aromatic carbocycles. The number of urea groups is 1. The molecule has 0 aromatic heterocycles. The van der Waals surface area contributed by atoms with Crippen molar-refractivity contribution in [3.05, 3.63) is 0 Å². The molecule has 1 unspecified atom stereocenters. The van der Waals surface area contributed by atoms with E-state index in [1.54, 1.807) is 20.8 Å². The van der Waals surface area contributed by atoms with E-state index in [-0.39, 0.29) is 12.5 Å². The van der Waals surface area contributed by atoms with Crippen LogP contribution in [0.2, 0.25) is 0 Å². The standard InChI is InChI=1S/C14H25N3O4/c1-13(2,10(18)15-4)9-16-12(21)17-8-6-5-7-14(17,3)11(19)20/h5-9H2,1-4H3,(H,15,18)(H,16,21)(H,19,20). The summed E-state index contributed by atoms with van der Waals surface area (Å²) in [6, 6.07) is -0.434. The van der Waals surface area contributed by atoms with Gasteiger partial charge in [0, 0.05) is 20.1 Å². The third-order valence-electron chi connectivity index (χ3n) is 4.12. The highest BCUT2D eigenvalue weighted by Gasteiger charge is 2.44. The number of rotatable bonds is 4. The second kappa shape index (κ2) is 6.32. The Morgan fingerprint density at radius 3 is 2.43 bits per heavy atom. The maximum Gasteiger partial charge on any atom is 0.329 e. The van der Waals surface area contributed by atoms with Gasteiger partial charge in [0.15, 0.2) is 0 Å². The Labute approximate surface area is 125 Å². The van der Waals surface area contributed by atoms with Gasteiger partial charge in [-0.1, -0.05) is 0 Å². The molecule has 21 heavy (non-hydrogen) atoms. The topological polar surface area (TPSA) is 98.7 Å². The average Bonchev–Trinajstić information content (AvgIpc) is 2.44. The summed E-state index contributed by atoms with van der Waals surface area (Å²) < 4.78 is 0. The Bertz CT molecular complexity index is 436. The molecular formula is C14H25N3O4. The zero-order valence-corrected chi connectivity index (χ0v) is 13.2. The zero-order chi connectivity index (χ0) is 16.3. The third-order valence-corrected chi connectivity index (χ3v) is 4.12. The Morgan fingerprint density at radius 1 is 1.29 bits per heavy atom. The molecule has 0 bridgehead atoms. The average molecular weight is 299 g/mol. The minimum absolute atomic E-state index is 0.151. The number of hydrogen-bond donors (Lipinski definition) is 3. The molecule has 1 rings (SSSR count). The number of likely N-dealkylation sites (tertiary alicyclic amines) is 1. The molecule has 1 fully saturated rings. The maximum absolute atomic E-state index is 12.3. The van der Waals surface area contributed by atoms with Gasteiger partial charge in [-0.05, 0) is 40.0 Å². The van der Waals surface area contributed by atoms with E-state index >= 15 is 0 Å². The minimum atomic E-state index is -1.18. The van der Waals surface area contributed by atoms with Gasteiger partial charge in [0.05, 0.1) is 5.41 Å². The highest BCUT2D eigenvalue weighted by atomic mass is 16.4. The molecule has 0 aliphatic carbocycles. The van der Waals surface area contributed by atoms with Crippen LogP contribution in [0.5, 0.6) is 0 Å². The Hall–Kier alpha value is -1.79. The third kappa shape index (κ3) is 3.65. The van der Waals surface area contributed by atoms with Crippen LogP contribution >= 0.6 is 0 Å². The fourth-order valence-corrected chi connectivity index (χ4v) is 2.48. The fourth-order valence-electron chi connectivity index (χ4n) is 2.48. The molecule has 0 spiro atoms. The molecule has 0 radical (unpaired) electrons. The lowest BCUT2D eigenvalue weighted by molar-refractivity contribution is -0.150. The van der Waals surface area contributed by atoms with Gasteiger partial charge < -0.3 is 20.6 Å². The minimum Gasteiger partial charge on any atom is -0.480 e. The summed E-state index contributed by atoms with van der Waals surface area (Å²) in [5, 5.41) is 14.6. The summed E-state index contributed by atoms with van der Waals surface area (Å²) in [5.41, 5.74) is -1.93. The van der Waals surface area contributed by atoms with E-state index in [4.69, 9.17) is 0 Å². The van der Waals surface area contributed by atoms with Crippen LogP contribution in [0.1, 0.15) is 40.0 Å². The molecule has 1 heterocycles. The lowest BCUT2D eigenvalue weighted by atomic mass is 9.88. The van der Waals surface area contributed by atoms with Crippen LogP contribution in [0.15, 0.2) is 0 Å². The normalized spacial score (nSPS) is 22.6. The molecular weight excluding hydrogens is 274 g/mol. The van der Waals surface area contributed by atoms with Crippen molar-refractivity contribution in [2.75, 3.05) is 20.1 Å². The number of hydrogen-bond acceptors (Lipinski definition) is 3. The molecule has 7 heteroatoms. The lowest BCUT2D eigenvalue weighted by Crippen LogP contribution is -2.60. The van der Waals surface area contributed by atoms with Crippen molar-refractivity contribution in [1.29, 1.82) is 0 Å². The Kier molecular flexibility index (Phi) is 5.20. The number of carboxylic acids is 1. The number of aliphatic carboxylic acids is 1. The van der Waals surface area contributed by atoms with Crippen molar-refractivity contribution < 1.29 is 19.5 Å². The molecule has 3 amide bonds. The lowest BCUT2D eigenvalue weighted by Gasteiger charge is -2.41. The number of carbonyl (C=O) groups excluding carboxylic acids is 2. The summed E-state index contributed by atoms with van der Waals surface area (Å²) in [6.45, 7) is 5.57. The second-order valence-corrected chi connectivity index (χ2v) is 6.31. The second-order valence-electron chi connectivity index (χ2n) is 6.31. The van der Waals surface area contributed by atoms with Crippen LogP contribution in [-0.4, -0.2) is 53.6 Å². The van der Waals surface area contributed by atoms with Gasteiger partial charge in [0.2, 0.25) is 5.91 Å². The van der Waals surface area contributed by atoms with Crippen molar-refractivity contribution >= 4 is 17.9 Å². The fraction of sp³-hybridized carbons (Fsp3) is 0.786. The number of nitrogens with zero attached hydrogens (tertiary/aromatic N) is 1. The predicted octanol–water partition coefficient (Wildman–Crippen LogP) is 0.797. The molecule has 120 valence electrons. The summed E-state index contributed by atoms with van der Waals surface area (Å²) in [5.74, 6) is -1.18. The highest BCUT2D eigenvalue weighted by molar-refractivity contribution is 5.87. The first-order valence-corrected chi connectivity index (χ1v) is 7.16. The van der Waals surface area contributed by atoms with Crippen molar-refractivity contribution in [2.45, 2.75) is 45.6 Å². The predicted molar refractivity (Wildman–Crippen MR) is 77.8 cm³/mol. The first kappa shape index (κ1) is 17.3. The van der Waals surface area contributed by atoms with E-state index < -0.39 is 23.0 Å². The van der Waals surface area contributed by atoms with Crippen LogP contribution in [0.25, 0.3) is 0 Å². The van der Waals surface area contributed by atoms with E-state index in [1.807, 2.05) is 0 Å². The molecule has 3 N–H and O–H groups in total. The summed E-state index contributed by atoms with van der Waals surface area (Å²) in [6.07, 6.45) is 2.01. The van der Waals surface area contributed by atoms with E-state index in [0.717, 1.165) is 12.8 Å². The number of nitrogens with one attached hydrogen (secondary N) is 2. The van der Waals surface area contributed by atoms with Crippen molar-refractivity contribution in [3.8, 4) is 0 Å². The van der Waals surface area contributed by atoms with Crippen LogP contribution < -0.4 is 10.6 Å². The maximum atomic E-state index is 12.3. The summed E-state index contributed by atoms with van der Waals surface area (Å²) in [4.78, 5) is 36.8. The van der Waals surface area contributed by atoms with E-state index in [2.05, 4.69) is 10.6 Å². The van der Waals surface area contributed by atoms with Crippen LogP contribution in [0.3, 0.4) is 0 Å². The van der Waals surface area contributed by atoms with Gasteiger partial charge in [0.1, 0.15) is 5.54 Å². The monoisotopic (exact) mass is 299 g/mol. The smallest absolute Gasteiger partial charge is 0.329 e. The zero-order valence-electron chi connectivity index (χ0n) is 13.2. The first-order chi connectivity index (χ1) is 9.65. The van der Waals surface area contributed by atoms with Gasteiger partial charge in [0.25, 0.3) is 0 Å². The molecule has 1 atom stereocenters. The van der Waals surface area contributed by atoms with Crippen LogP contribution in [-0.2, 0) is 9.59 Å². The number of piperidine rings is 1. The van der Waals surface area contributed by atoms with Gasteiger partial charge in [-0.15, -0.1) is 0 Å².